The summed E-state index contributed by atoms with van der Waals surface area (Å²) in [7, 11) is -2.48. The molecule has 0 saturated heterocycles. The topological polar surface area (TPSA) is 161 Å². The van der Waals surface area contributed by atoms with Crippen molar-refractivity contribution in [1.82, 2.24) is 4.72 Å². The van der Waals surface area contributed by atoms with E-state index in [1.807, 2.05) is 41.3 Å². The van der Waals surface area contributed by atoms with Crippen molar-refractivity contribution in [3.05, 3.63) is 118 Å². The highest BCUT2D eigenvalue weighted by Gasteiger charge is 2.19. The summed E-state index contributed by atoms with van der Waals surface area (Å²) in [5.74, 6) is 0.953. The molecule has 0 aromatic heterocycles. The summed E-state index contributed by atoms with van der Waals surface area (Å²) in [5, 5.41) is 18.8. The SMILES string of the molecule is COc1cc(N(CCNS(=O)(=O)c2cccc([N+](=O)[O-])c2)c2ccc(C(=N)N)cc2)ccc1OCc1ccccc1. The Labute approximate surface area is 237 Å². The molecule has 0 heterocycles. The van der Waals surface area contributed by atoms with E-state index >= 15 is 0 Å². The van der Waals surface area contributed by atoms with Crippen molar-refractivity contribution < 1.29 is 22.8 Å². The van der Waals surface area contributed by atoms with Gasteiger partial charge in [0.15, 0.2) is 11.5 Å². The lowest BCUT2D eigenvalue weighted by Crippen LogP contribution is -2.33. The monoisotopic (exact) mass is 575 g/mol. The number of hydrogen-bond acceptors (Lipinski definition) is 8. The molecule has 0 aliphatic carbocycles. The summed E-state index contributed by atoms with van der Waals surface area (Å²) in [6.07, 6.45) is 0. The second-order valence-electron chi connectivity index (χ2n) is 8.87. The minimum Gasteiger partial charge on any atom is -0.493 e. The first-order chi connectivity index (χ1) is 19.7. The number of nitrogen functional groups attached to an aromatic ring is 1. The third-order valence-corrected chi connectivity index (χ3v) is 7.61. The summed E-state index contributed by atoms with van der Waals surface area (Å²) in [6.45, 7) is 0.529. The number of rotatable bonds is 13. The van der Waals surface area contributed by atoms with E-state index in [2.05, 4.69) is 4.72 Å². The Morgan fingerprint density at radius 1 is 0.951 bits per heavy atom. The average Bonchev–Trinajstić information content (AvgIpc) is 2.99. The van der Waals surface area contributed by atoms with Gasteiger partial charge in [-0.3, -0.25) is 15.5 Å². The molecule has 4 aromatic carbocycles. The molecule has 4 aromatic rings. The van der Waals surface area contributed by atoms with Gasteiger partial charge < -0.3 is 20.1 Å². The van der Waals surface area contributed by atoms with E-state index in [4.69, 9.17) is 20.6 Å². The van der Waals surface area contributed by atoms with Crippen LogP contribution in [0.2, 0.25) is 0 Å². The average molecular weight is 576 g/mol. The number of nitro groups is 1. The molecule has 0 spiro atoms. The predicted molar refractivity (Wildman–Crippen MR) is 157 cm³/mol. The lowest BCUT2D eigenvalue weighted by Gasteiger charge is -2.26. The van der Waals surface area contributed by atoms with Crippen LogP contribution in [0.3, 0.4) is 0 Å². The number of nitro benzene ring substituents is 1. The van der Waals surface area contributed by atoms with E-state index in [1.54, 1.807) is 36.4 Å². The van der Waals surface area contributed by atoms with Crippen LogP contribution in [0.15, 0.2) is 102 Å². The van der Waals surface area contributed by atoms with Crippen molar-refractivity contribution >= 4 is 32.9 Å². The number of nitrogens with zero attached hydrogens (tertiary/aromatic N) is 2. The Morgan fingerprint density at radius 3 is 2.32 bits per heavy atom. The summed E-state index contributed by atoms with van der Waals surface area (Å²) < 4.78 is 39.9. The maximum absolute atomic E-state index is 12.9. The van der Waals surface area contributed by atoms with Crippen LogP contribution in [0.5, 0.6) is 11.5 Å². The quantitative estimate of drug-likeness (QED) is 0.0903. The number of hydrogen-bond donors (Lipinski definition) is 3. The Hall–Kier alpha value is -4.94. The number of ether oxygens (including phenoxy) is 2. The minimum atomic E-state index is -4.02. The van der Waals surface area contributed by atoms with E-state index in [-0.39, 0.29) is 29.5 Å². The number of nitrogens with two attached hydrogens (primary N) is 1. The van der Waals surface area contributed by atoms with Crippen LogP contribution in [0, 0.1) is 15.5 Å². The van der Waals surface area contributed by atoms with Crippen LogP contribution < -0.4 is 24.8 Å². The first-order valence-corrected chi connectivity index (χ1v) is 14.0. The molecule has 0 unspecified atom stereocenters. The first-order valence-electron chi connectivity index (χ1n) is 12.5. The number of anilines is 2. The Balaban J connectivity index is 1.58. The molecule has 12 heteroatoms. The van der Waals surface area contributed by atoms with Gasteiger partial charge in [0.25, 0.3) is 5.69 Å². The zero-order chi connectivity index (χ0) is 29.4. The number of nitrogens with one attached hydrogen (secondary N) is 2. The first kappa shape index (κ1) is 29.1. The van der Waals surface area contributed by atoms with Gasteiger partial charge in [0.2, 0.25) is 10.0 Å². The van der Waals surface area contributed by atoms with Gasteiger partial charge in [-0.25, -0.2) is 13.1 Å². The number of methoxy groups -OCH3 is 1. The van der Waals surface area contributed by atoms with Crippen LogP contribution in [-0.2, 0) is 16.6 Å². The van der Waals surface area contributed by atoms with Gasteiger partial charge in [-0.2, -0.15) is 0 Å². The second kappa shape index (κ2) is 12.9. The molecule has 0 radical (unpaired) electrons. The zero-order valence-corrected chi connectivity index (χ0v) is 23.0. The highest BCUT2D eigenvalue weighted by Crippen LogP contribution is 2.35. The number of benzene rings is 4. The second-order valence-corrected chi connectivity index (χ2v) is 10.6. The summed E-state index contributed by atoms with van der Waals surface area (Å²) >= 11 is 0. The van der Waals surface area contributed by atoms with Crippen LogP contribution in [0.25, 0.3) is 0 Å². The predicted octanol–water partition coefficient (Wildman–Crippen LogP) is 4.58. The molecule has 0 aliphatic rings. The van der Waals surface area contributed by atoms with Gasteiger partial charge in [-0.1, -0.05) is 36.4 Å². The van der Waals surface area contributed by atoms with Gasteiger partial charge in [-0.15, -0.1) is 0 Å². The molecular weight excluding hydrogens is 546 g/mol. The van der Waals surface area contributed by atoms with Crippen molar-refractivity contribution in [2.24, 2.45) is 5.73 Å². The van der Waals surface area contributed by atoms with Crippen molar-refractivity contribution in [2.75, 3.05) is 25.1 Å². The molecule has 0 saturated carbocycles. The van der Waals surface area contributed by atoms with Gasteiger partial charge in [-0.05, 0) is 48.0 Å². The summed E-state index contributed by atoms with van der Waals surface area (Å²) in [5.41, 5.74) is 8.24. The summed E-state index contributed by atoms with van der Waals surface area (Å²) in [6, 6.07) is 26.9. The lowest BCUT2D eigenvalue weighted by atomic mass is 10.1. The summed E-state index contributed by atoms with van der Waals surface area (Å²) in [4.78, 5) is 12.1. The van der Waals surface area contributed by atoms with Crippen LogP contribution in [0.4, 0.5) is 17.1 Å². The van der Waals surface area contributed by atoms with E-state index in [1.165, 1.54) is 25.3 Å². The molecule has 0 fully saturated rings. The third kappa shape index (κ3) is 7.38. The normalized spacial score (nSPS) is 11.0. The fourth-order valence-corrected chi connectivity index (χ4v) is 5.11. The standard InChI is InChI=1S/C29H29N5O6S/c1-39-28-19-24(14-15-27(28)40-20-21-6-3-2-4-7-21)33(23-12-10-22(11-13-23)29(30)31)17-16-32-41(37,38)26-9-5-8-25(18-26)34(35)36/h2-15,18-19,32H,16-17,20H2,1H3,(H3,30,31). The Kier molecular flexibility index (Phi) is 9.17. The molecule has 41 heavy (non-hydrogen) atoms. The molecule has 0 aliphatic heterocycles. The Bertz CT molecular complexity index is 1630. The van der Waals surface area contributed by atoms with E-state index < -0.39 is 14.9 Å². The molecule has 11 nitrogen and oxygen atoms in total. The molecular formula is C29H29N5O6S. The third-order valence-electron chi connectivity index (χ3n) is 6.15. The van der Waals surface area contributed by atoms with Gasteiger partial charge in [0.1, 0.15) is 12.4 Å². The molecule has 0 bridgehead atoms. The number of non-ortho nitro benzene ring substituents is 1. The fourth-order valence-electron chi connectivity index (χ4n) is 4.05. The van der Waals surface area contributed by atoms with E-state index in [0.29, 0.717) is 35.0 Å². The molecule has 0 amide bonds. The maximum Gasteiger partial charge on any atom is 0.270 e. The highest BCUT2D eigenvalue weighted by atomic mass is 32.2. The van der Waals surface area contributed by atoms with E-state index in [9.17, 15) is 18.5 Å². The van der Waals surface area contributed by atoms with Crippen molar-refractivity contribution in [3.8, 4) is 11.5 Å². The molecule has 0 atom stereocenters. The van der Waals surface area contributed by atoms with Crippen molar-refractivity contribution in [1.29, 1.82) is 5.41 Å². The van der Waals surface area contributed by atoms with Crippen molar-refractivity contribution in [2.45, 2.75) is 11.5 Å². The molecule has 4 N–H and O–H groups in total. The van der Waals surface area contributed by atoms with E-state index in [0.717, 1.165) is 11.6 Å². The molecule has 4 rings (SSSR count). The maximum atomic E-state index is 12.9. The van der Waals surface area contributed by atoms with Crippen molar-refractivity contribution in [3.63, 3.8) is 0 Å². The van der Waals surface area contributed by atoms with Crippen LogP contribution >= 0.6 is 0 Å². The Morgan fingerprint density at radius 2 is 1.66 bits per heavy atom. The van der Waals surface area contributed by atoms with Gasteiger partial charge in [0, 0.05) is 48.2 Å². The number of sulfonamides is 1. The van der Waals surface area contributed by atoms with Gasteiger partial charge in [0.05, 0.1) is 16.9 Å². The fraction of sp³-hybridized carbons (Fsp3) is 0.138. The van der Waals surface area contributed by atoms with Gasteiger partial charge >= 0.3 is 0 Å². The highest BCUT2D eigenvalue weighted by molar-refractivity contribution is 7.89. The minimum absolute atomic E-state index is 0.0198. The number of amidine groups is 1. The lowest BCUT2D eigenvalue weighted by molar-refractivity contribution is -0.385. The van der Waals surface area contributed by atoms with Crippen LogP contribution in [-0.4, -0.2) is 39.4 Å². The smallest absolute Gasteiger partial charge is 0.270 e. The van der Waals surface area contributed by atoms with Crippen LogP contribution in [0.1, 0.15) is 11.1 Å². The zero-order valence-electron chi connectivity index (χ0n) is 22.2. The molecule has 212 valence electrons. The largest absolute Gasteiger partial charge is 0.493 e.